The molecule has 156 valence electrons. The Bertz CT molecular complexity index is 999. The normalized spacial score (nSPS) is 17.3. The first kappa shape index (κ1) is 20.7. The standard InChI is InChI=1S/C22H20Cl2N2O4/c23-15-3-1-14(2-4-15)21(29)25-13-20(28)26-9-7-22(8-10-26)12-18(27)17-11-16(24)5-6-19(17)30-22/h1-6,11H,7-10,12-13H2,(H,25,29). The van der Waals surface area contributed by atoms with E-state index in [0.29, 0.717) is 52.9 Å². The molecule has 2 aromatic rings. The summed E-state index contributed by atoms with van der Waals surface area (Å²) in [6.45, 7) is 0.841. The number of carbonyl (C=O) groups is 3. The van der Waals surface area contributed by atoms with Gasteiger partial charge in [-0.15, -0.1) is 0 Å². The van der Waals surface area contributed by atoms with E-state index in [9.17, 15) is 14.4 Å². The average molecular weight is 447 g/mol. The molecule has 0 aromatic heterocycles. The van der Waals surface area contributed by atoms with Gasteiger partial charge < -0.3 is 15.0 Å². The van der Waals surface area contributed by atoms with Crippen LogP contribution in [0, 0.1) is 0 Å². The number of ketones is 1. The minimum Gasteiger partial charge on any atom is -0.486 e. The number of nitrogens with zero attached hydrogens (tertiary/aromatic N) is 1. The molecule has 2 aliphatic heterocycles. The van der Waals surface area contributed by atoms with Crippen molar-refractivity contribution in [1.29, 1.82) is 0 Å². The Morgan fingerprint density at radius 2 is 1.70 bits per heavy atom. The van der Waals surface area contributed by atoms with Crippen molar-refractivity contribution >= 4 is 40.8 Å². The fourth-order valence-corrected chi connectivity index (χ4v) is 4.18. The lowest BCUT2D eigenvalue weighted by atomic mass is 9.82. The summed E-state index contributed by atoms with van der Waals surface area (Å²) >= 11 is 11.8. The van der Waals surface area contributed by atoms with Crippen molar-refractivity contribution in [3.63, 3.8) is 0 Å². The van der Waals surface area contributed by atoms with Crippen molar-refractivity contribution in [3.8, 4) is 5.75 Å². The molecule has 0 saturated carbocycles. The summed E-state index contributed by atoms with van der Waals surface area (Å²) in [5.41, 5.74) is 0.357. The van der Waals surface area contributed by atoms with Gasteiger partial charge in [0.1, 0.15) is 11.4 Å². The summed E-state index contributed by atoms with van der Waals surface area (Å²) in [5, 5.41) is 3.68. The lowest BCUT2D eigenvalue weighted by Crippen LogP contribution is -2.53. The minimum atomic E-state index is -0.596. The van der Waals surface area contributed by atoms with Crippen molar-refractivity contribution in [2.75, 3.05) is 19.6 Å². The molecule has 1 fully saturated rings. The van der Waals surface area contributed by atoms with E-state index < -0.39 is 5.60 Å². The van der Waals surface area contributed by atoms with Crippen LogP contribution in [0.2, 0.25) is 10.0 Å². The van der Waals surface area contributed by atoms with Gasteiger partial charge in [0.25, 0.3) is 5.91 Å². The second-order valence-corrected chi connectivity index (χ2v) is 8.47. The number of hydrogen-bond donors (Lipinski definition) is 1. The van der Waals surface area contributed by atoms with Gasteiger partial charge in [-0.3, -0.25) is 14.4 Å². The third-order valence-electron chi connectivity index (χ3n) is 5.59. The molecule has 2 aliphatic rings. The Kier molecular flexibility index (Phi) is 5.71. The molecule has 1 spiro atoms. The van der Waals surface area contributed by atoms with Gasteiger partial charge in [-0.1, -0.05) is 23.2 Å². The highest BCUT2D eigenvalue weighted by Crippen LogP contribution is 2.40. The second-order valence-electron chi connectivity index (χ2n) is 7.60. The zero-order chi connectivity index (χ0) is 21.3. The van der Waals surface area contributed by atoms with E-state index in [1.807, 2.05) is 0 Å². The number of rotatable bonds is 3. The highest BCUT2D eigenvalue weighted by Gasteiger charge is 2.43. The van der Waals surface area contributed by atoms with Gasteiger partial charge in [-0.05, 0) is 42.5 Å². The summed E-state index contributed by atoms with van der Waals surface area (Å²) in [5.74, 6) is 0.0610. The number of amides is 2. The molecule has 0 bridgehead atoms. The maximum Gasteiger partial charge on any atom is 0.251 e. The van der Waals surface area contributed by atoms with E-state index in [-0.39, 0.29) is 30.6 Å². The van der Waals surface area contributed by atoms with Gasteiger partial charge in [0.2, 0.25) is 5.91 Å². The van der Waals surface area contributed by atoms with Gasteiger partial charge in [-0.25, -0.2) is 0 Å². The molecule has 2 aromatic carbocycles. The molecule has 0 atom stereocenters. The van der Waals surface area contributed by atoms with Crippen LogP contribution in [0.3, 0.4) is 0 Å². The van der Waals surface area contributed by atoms with Crippen LogP contribution in [0.1, 0.15) is 40.0 Å². The van der Waals surface area contributed by atoms with Crippen molar-refractivity contribution in [2.45, 2.75) is 24.9 Å². The molecular formula is C22H20Cl2N2O4. The molecule has 0 aliphatic carbocycles. The van der Waals surface area contributed by atoms with Crippen molar-refractivity contribution in [3.05, 3.63) is 63.6 Å². The minimum absolute atomic E-state index is 0.00811. The van der Waals surface area contributed by atoms with Crippen molar-refractivity contribution in [1.82, 2.24) is 10.2 Å². The van der Waals surface area contributed by atoms with Crippen LogP contribution in [0.5, 0.6) is 5.75 Å². The summed E-state index contributed by atoms with van der Waals surface area (Å²) in [4.78, 5) is 39.0. The number of likely N-dealkylation sites (tertiary alicyclic amines) is 1. The monoisotopic (exact) mass is 446 g/mol. The first-order valence-electron chi connectivity index (χ1n) is 9.69. The van der Waals surface area contributed by atoms with E-state index in [1.54, 1.807) is 47.4 Å². The zero-order valence-corrected chi connectivity index (χ0v) is 17.6. The van der Waals surface area contributed by atoms with Crippen molar-refractivity contribution < 1.29 is 19.1 Å². The van der Waals surface area contributed by atoms with E-state index in [4.69, 9.17) is 27.9 Å². The topological polar surface area (TPSA) is 75.7 Å². The largest absolute Gasteiger partial charge is 0.486 e. The van der Waals surface area contributed by atoms with Crippen LogP contribution in [-0.4, -0.2) is 47.7 Å². The summed E-state index contributed by atoms with van der Waals surface area (Å²) in [7, 11) is 0. The lowest BCUT2D eigenvalue weighted by Gasteiger charge is -2.44. The maximum absolute atomic E-state index is 12.6. The number of benzene rings is 2. The van der Waals surface area contributed by atoms with Crippen LogP contribution in [0.25, 0.3) is 0 Å². The van der Waals surface area contributed by atoms with Crippen LogP contribution < -0.4 is 10.1 Å². The fraction of sp³-hybridized carbons (Fsp3) is 0.318. The number of piperidine rings is 1. The molecule has 4 rings (SSSR count). The summed E-state index contributed by atoms with van der Waals surface area (Å²) in [6.07, 6.45) is 1.38. The van der Waals surface area contributed by atoms with Crippen LogP contribution in [-0.2, 0) is 4.79 Å². The Morgan fingerprint density at radius 1 is 1.03 bits per heavy atom. The van der Waals surface area contributed by atoms with E-state index >= 15 is 0 Å². The van der Waals surface area contributed by atoms with E-state index in [2.05, 4.69) is 5.32 Å². The highest BCUT2D eigenvalue weighted by molar-refractivity contribution is 6.31. The summed E-state index contributed by atoms with van der Waals surface area (Å²) < 4.78 is 6.18. The molecular weight excluding hydrogens is 427 g/mol. The third-order valence-corrected chi connectivity index (χ3v) is 6.07. The Balaban J connectivity index is 1.32. The first-order chi connectivity index (χ1) is 14.3. The molecule has 2 amide bonds. The Labute approximate surface area is 184 Å². The van der Waals surface area contributed by atoms with Gasteiger partial charge in [-0.2, -0.15) is 0 Å². The molecule has 8 heteroatoms. The molecule has 6 nitrogen and oxygen atoms in total. The number of fused-ring (bicyclic) bond motifs is 1. The van der Waals surface area contributed by atoms with Crippen LogP contribution in [0.15, 0.2) is 42.5 Å². The number of carbonyl (C=O) groups excluding carboxylic acids is 3. The number of Topliss-reactive ketones (excluding diaryl/α,β-unsaturated/α-hetero) is 1. The smallest absolute Gasteiger partial charge is 0.251 e. The zero-order valence-electron chi connectivity index (χ0n) is 16.1. The molecule has 0 radical (unpaired) electrons. The van der Waals surface area contributed by atoms with E-state index in [0.717, 1.165) is 0 Å². The second kappa shape index (κ2) is 8.28. The Morgan fingerprint density at radius 3 is 2.40 bits per heavy atom. The van der Waals surface area contributed by atoms with Crippen molar-refractivity contribution in [2.24, 2.45) is 0 Å². The number of nitrogens with one attached hydrogen (secondary N) is 1. The molecule has 1 N–H and O–H groups in total. The maximum atomic E-state index is 12.6. The van der Waals surface area contributed by atoms with Crippen LogP contribution in [0.4, 0.5) is 0 Å². The SMILES string of the molecule is O=C(NCC(=O)N1CCC2(CC1)CC(=O)c1cc(Cl)ccc1O2)c1ccc(Cl)cc1. The predicted octanol–water partition coefficient (Wildman–Crippen LogP) is 3.75. The van der Waals surface area contributed by atoms with Gasteiger partial charge in [0, 0.05) is 41.5 Å². The van der Waals surface area contributed by atoms with Crippen LogP contribution >= 0.6 is 23.2 Å². The molecule has 0 unspecified atom stereocenters. The van der Waals surface area contributed by atoms with Gasteiger partial charge in [0.15, 0.2) is 5.78 Å². The molecule has 2 heterocycles. The predicted molar refractivity (Wildman–Crippen MR) is 113 cm³/mol. The van der Waals surface area contributed by atoms with Gasteiger partial charge >= 0.3 is 0 Å². The molecule has 30 heavy (non-hydrogen) atoms. The number of ether oxygens (including phenoxy) is 1. The average Bonchev–Trinajstić information content (AvgIpc) is 2.73. The number of halogens is 2. The Hall–Kier alpha value is -2.57. The quantitative estimate of drug-likeness (QED) is 0.778. The third kappa shape index (κ3) is 4.30. The number of hydrogen-bond acceptors (Lipinski definition) is 4. The van der Waals surface area contributed by atoms with Gasteiger partial charge in [0.05, 0.1) is 18.5 Å². The highest BCUT2D eigenvalue weighted by atomic mass is 35.5. The fourth-order valence-electron chi connectivity index (χ4n) is 3.88. The first-order valence-corrected chi connectivity index (χ1v) is 10.4. The molecule has 1 saturated heterocycles. The van der Waals surface area contributed by atoms with E-state index in [1.165, 1.54) is 0 Å². The lowest BCUT2D eigenvalue weighted by molar-refractivity contribution is -0.133. The summed E-state index contributed by atoms with van der Waals surface area (Å²) in [6, 6.07) is 11.5.